The van der Waals surface area contributed by atoms with Crippen LogP contribution in [-0.2, 0) is 16.1 Å². The Morgan fingerprint density at radius 2 is 1.94 bits per heavy atom. The van der Waals surface area contributed by atoms with E-state index in [1.54, 1.807) is 7.11 Å². The minimum absolute atomic E-state index is 0.0103. The van der Waals surface area contributed by atoms with Crippen LogP contribution < -0.4 is 10.1 Å². The number of ether oxygens (including phenoxy) is 2. The van der Waals surface area contributed by atoms with E-state index in [9.17, 15) is 4.79 Å². The first-order valence-electron chi connectivity index (χ1n) is 12.2. The molecule has 0 spiro atoms. The van der Waals surface area contributed by atoms with E-state index < -0.39 is 0 Å². The topological polar surface area (TPSA) is 78.3 Å². The Bertz CT molecular complexity index is 1080. The lowest BCUT2D eigenvalue weighted by molar-refractivity contribution is -0.119. The maximum atomic E-state index is 13.0. The van der Waals surface area contributed by atoms with Crippen LogP contribution in [0.1, 0.15) is 44.7 Å². The molecule has 2 aromatic carbocycles. The highest BCUT2D eigenvalue weighted by Crippen LogP contribution is 2.28. The number of hydrogen-bond acceptors (Lipinski definition) is 6. The SMILES string of the molecule is COc1ccc(-c2nnc(SCC(=O)NC(CC(C)C)c3ccccc3)n2CC2CCCO2)cc1. The molecular formula is C27H34N4O3S. The Morgan fingerprint density at radius 1 is 1.17 bits per heavy atom. The van der Waals surface area contributed by atoms with Crippen LogP contribution in [0.25, 0.3) is 11.4 Å². The van der Waals surface area contributed by atoms with Crippen LogP contribution >= 0.6 is 11.8 Å². The normalized spacial score (nSPS) is 16.4. The minimum atomic E-state index is -0.0119. The number of methoxy groups -OCH3 is 1. The van der Waals surface area contributed by atoms with Crippen molar-refractivity contribution < 1.29 is 14.3 Å². The molecule has 1 saturated heterocycles. The average molecular weight is 495 g/mol. The van der Waals surface area contributed by atoms with Gasteiger partial charge in [0.25, 0.3) is 0 Å². The molecule has 1 fully saturated rings. The van der Waals surface area contributed by atoms with Gasteiger partial charge in [0, 0.05) is 12.2 Å². The minimum Gasteiger partial charge on any atom is -0.497 e. The summed E-state index contributed by atoms with van der Waals surface area (Å²) >= 11 is 1.41. The molecule has 0 aliphatic carbocycles. The summed E-state index contributed by atoms with van der Waals surface area (Å²) in [4.78, 5) is 13.0. The highest BCUT2D eigenvalue weighted by Gasteiger charge is 2.23. The summed E-state index contributed by atoms with van der Waals surface area (Å²) < 4.78 is 13.3. The van der Waals surface area contributed by atoms with Gasteiger partial charge in [-0.3, -0.25) is 9.36 Å². The van der Waals surface area contributed by atoms with Gasteiger partial charge in [0.15, 0.2) is 11.0 Å². The molecule has 2 unspecified atom stereocenters. The summed E-state index contributed by atoms with van der Waals surface area (Å²) in [6.45, 7) is 5.79. The first-order chi connectivity index (χ1) is 17.0. The number of hydrogen-bond donors (Lipinski definition) is 1. The van der Waals surface area contributed by atoms with Gasteiger partial charge < -0.3 is 14.8 Å². The molecule has 0 saturated carbocycles. The van der Waals surface area contributed by atoms with Crippen molar-refractivity contribution in [3.63, 3.8) is 0 Å². The summed E-state index contributed by atoms with van der Waals surface area (Å²) in [5.74, 6) is 2.29. The molecule has 35 heavy (non-hydrogen) atoms. The van der Waals surface area contributed by atoms with Crippen molar-refractivity contribution in [2.75, 3.05) is 19.5 Å². The molecule has 186 valence electrons. The standard InChI is InChI=1S/C27H34N4O3S/c1-19(2)16-24(20-8-5-4-6-9-20)28-25(32)18-35-27-30-29-26(21-11-13-22(33-3)14-12-21)31(27)17-23-10-7-15-34-23/h4-6,8-9,11-14,19,23-24H,7,10,15-18H2,1-3H3,(H,28,32). The van der Waals surface area contributed by atoms with Gasteiger partial charge in [-0.15, -0.1) is 10.2 Å². The first kappa shape index (κ1) is 25.3. The number of benzene rings is 2. The van der Waals surface area contributed by atoms with Crippen molar-refractivity contribution >= 4 is 17.7 Å². The number of nitrogens with zero attached hydrogens (tertiary/aromatic N) is 3. The van der Waals surface area contributed by atoms with Gasteiger partial charge in [-0.2, -0.15) is 0 Å². The predicted octanol–water partition coefficient (Wildman–Crippen LogP) is 5.13. The fourth-order valence-corrected chi connectivity index (χ4v) is 5.07. The molecule has 1 N–H and O–H groups in total. The number of amides is 1. The quantitative estimate of drug-likeness (QED) is 0.373. The van der Waals surface area contributed by atoms with Crippen LogP contribution in [0, 0.1) is 5.92 Å². The maximum absolute atomic E-state index is 13.0. The molecule has 2 heterocycles. The van der Waals surface area contributed by atoms with Crippen LogP contribution in [0.15, 0.2) is 59.8 Å². The number of rotatable bonds is 11. The average Bonchev–Trinajstić information content (AvgIpc) is 3.53. The van der Waals surface area contributed by atoms with Crippen molar-refractivity contribution in [2.45, 2.75) is 57.0 Å². The van der Waals surface area contributed by atoms with Crippen molar-refractivity contribution in [1.29, 1.82) is 0 Å². The molecule has 3 aromatic rings. The fraction of sp³-hybridized carbons (Fsp3) is 0.444. The lowest BCUT2D eigenvalue weighted by atomic mass is 9.97. The molecule has 7 nitrogen and oxygen atoms in total. The Balaban J connectivity index is 1.48. The van der Waals surface area contributed by atoms with Gasteiger partial charge in [-0.25, -0.2) is 0 Å². The highest BCUT2D eigenvalue weighted by molar-refractivity contribution is 7.99. The second-order valence-corrected chi connectivity index (χ2v) is 10.2. The van der Waals surface area contributed by atoms with E-state index >= 15 is 0 Å². The van der Waals surface area contributed by atoms with Crippen LogP contribution in [0.5, 0.6) is 5.75 Å². The number of carbonyl (C=O) groups is 1. The van der Waals surface area contributed by atoms with Crippen molar-refractivity contribution in [1.82, 2.24) is 20.1 Å². The monoisotopic (exact) mass is 494 g/mol. The highest BCUT2D eigenvalue weighted by atomic mass is 32.2. The van der Waals surface area contributed by atoms with Crippen molar-refractivity contribution in [3.8, 4) is 17.1 Å². The molecule has 1 amide bonds. The number of aromatic nitrogens is 3. The van der Waals surface area contributed by atoms with E-state index in [1.807, 2.05) is 42.5 Å². The van der Waals surface area contributed by atoms with Crippen LogP contribution in [0.4, 0.5) is 0 Å². The molecule has 0 bridgehead atoms. The number of thioether (sulfide) groups is 1. The van der Waals surface area contributed by atoms with E-state index in [-0.39, 0.29) is 23.8 Å². The van der Waals surface area contributed by atoms with Gasteiger partial charge >= 0.3 is 0 Å². The summed E-state index contributed by atoms with van der Waals surface area (Å²) in [6.07, 6.45) is 3.09. The van der Waals surface area contributed by atoms with Gasteiger partial charge in [-0.1, -0.05) is 55.9 Å². The Morgan fingerprint density at radius 3 is 2.60 bits per heavy atom. The number of carbonyl (C=O) groups excluding carboxylic acids is 1. The largest absolute Gasteiger partial charge is 0.497 e. The molecule has 4 rings (SSSR count). The molecule has 1 aliphatic heterocycles. The second kappa shape index (κ2) is 12.2. The molecule has 2 atom stereocenters. The molecule has 0 radical (unpaired) electrons. The van der Waals surface area contributed by atoms with Crippen LogP contribution in [0.2, 0.25) is 0 Å². The van der Waals surface area contributed by atoms with E-state index in [1.165, 1.54) is 11.8 Å². The lowest BCUT2D eigenvalue weighted by Crippen LogP contribution is -2.31. The third-order valence-electron chi connectivity index (χ3n) is 6.05. The molecular weight excluding hydrogens is 460 g/mol. The zero-order valence-electron chi connectivity index (χ0n) is 20.6. The number of nitrogens with one attached hydrogen (secondary N) is 1. The van der Waals surface area contributed by atoms with E-state index in [0.717, 1.165) is 53.7 Å². The van der Waals surface area contributed by atoms with Gasteiger partial charge in [-0.05, 0) is 55.0 Å². The fourth-order valence-electron chi connectivity index (χ4n) is 4.31. The third kappa shape index (κ3) is 6.86. The zero-order chi connectivity index (χ0) is 24.6. The van der Waals surface area contributed by atoms with E-state index in [4.69, 9.17) is 9.47 Å². The van der Waals surface area contributed by atoms with E-state index in [0.29, 0.717) is 12.5 Å². The maximum Gasteiger partial charge on any atom is 0.230 e. The van der Waals surface area contributed by atoms with Crippen molar-refractivity contribution in [2.24, 2.45) is 5.92 Å². The lowest BCUT2D eigenvalue weighted by Gasteiger charge is -2.21. The zero-order valence-corrected chi connectivity index (χ0v) is 21.5. The molecule has 1 aromatic heterocycles. The van der Waals surface area contributed by atoms with Crippen LogP contribution in [0.3, 0.4) is 0 Å². The smallest absolute Gasteiger partial charge is 0.230 e. The van der Waals surface area contributed by atoms with Crippen molar-refractivity contribution in [3.05, 3.63) is 60.2 Å². The first-order valence-corrected chi connectivity index (χ1v) is 13.2. The Labute approximate surface area is 211 Å². The van der Waals surface area contributed by atoms with E-state index in [2.05, 4.69) is 46.1 Å². The summed E-state index contributed by atoms with van der Waals surface area (Å²) in [7, 11) is 1.65. The Kier molecular flexibility index (Phi) is 8.82. The summed E-state index contributed by atoms with van der Waals surface area (Å²) in [5.41, 5.74) is 2.08. The second-order valence-electron chi connectivity index (χ2n) is 9.23. The molecule has 8 heteroatoms. The molecule has 1 aliphatic rings. The van der Waals surface area contributed by atoms with Crippen LogP contribution in [-0.4, -0.2) is 46.2 Å². The van der Waals surface area contributed by atoms with Gasteiger partial charge in [0.1, 0.15) is 5.75 Å². The van der Waals surface area contributed by atoms with Gasteiger partial charge in [0.05, 0.1) is 31.6 Å². The third-order valence-corrected chi connectivity index (χ3v) is 7.02. The summed E-state index contributed by atoms with van der Waals surface area (Å²) in [6, 6.07) is 17.9. The van der Waals surface area contributed by atoms with Gasteiger partial charge in [0.2, 0.25) is 5.91 Å². The predicted molar refractivity (Wildman–Crippen MR) is 138 cm³/mol. The summed E-state index contributed by atoms with van der Waals surface area (Å²) in [5, 5.41) is 12.9. The Hall–Kier alpha value is -2.84.